The molecule has 2 aromatic carbocycles. The van der Waals surface area contributed by atoms with Crippen LogP contribution in [0.5, 0.6) is 17.5 Å². The van der Waals surface area contributed by atoms with Gasteiger partial charge in [0.05, 0.1) is 47.9 Å². The Morgan fingerprint density at radius 1 is 1.06 bits per heavy atom. The predicted octanol–water partition coefficient (Wildman–Crippen LogP) is 5.26. The van der Waals surface area contributed by atoms with Crippen LogP contribution in [0.3, 0.4) is 0 Å². The van der Waals surface area contributed by atoms with E-state index >= 15 is 0 Å². The van der Waals surface area contributed by atoms with Gasteiger partial charge in [-0.3, -0.25) is 0 Å². The largest absolute Gasteiger partial charge is 0.495 e. The van der Waals surface area contributed by atoms with Crippen molar-refractivity contribution in [3.8, 4) is 28.6 Å². The molecule has 0 spiro atoms. The fraction of sp³-hybridized carbons (Fsp3) is 0.120. The molecule has 33 heavy (non-hydrogen) atoms. The molecular weight excluding hydrogens is 440 g/mol. The minimum atomic E-state index is 0.0493. The molecular formula is C25H21ClN4O3. The van der Waals surface area contributed by atoms with Crippen molar-refractivity contribution in [1.82, 2.24) is 14.5 Å². The van der Waals surface area contributed by atoms with E-state index in [1.54, 1.807) is 37.2 Å². The van der Waals surface area contributed by atoms with E-state index in [4.69, 9.17) is 31.8 Å². The number of hydrogen-bond acceptors (Lipinski definition) is 6. The molecule has 0 saturated carbocycles. The van der Waals surface area contributed by atoms with Gasteiger partial charge in [-0.1, -0.05) is 35.9 Å². The monoisotopic (exact) mass is 460 g/mol. The normalized spacial score (nSPS) is 11.2. The maximum Gasteiger partial charge on any atom is 0.221 e. The Balaban J connectivity index is 1.67. The molecule has 0 aliphatic carbocycles. The maximum atomic E-state index is 11.0. The SMILES string of the molecule is COc1ccc(Cn2cc3nc4c(-c5cccnc5OC)cccc4c(N)c3c2O)cc1Cl. The van der Waals surface area contributed by atoms with Gasteiger partial charge in [-0.25, -0.2) is 9.97 Å². The van der Waals surface area contributed by atoms with Crippen LogP contribution in [0, 0.1) is 0 Å². The van der Waals surface area contributed by atoms with Crippen molar-refractivity contribution in [2.24, 2.45) is 0 Å². The molecule has 5 rings (SSSR count). The van der Waals surface area contributed by atoms with E-state index in [2.05, 4.69) is 4.98 Å². The van der Waals surface area contributed by atoms with Gasteiger partial charge in [0.15, 0.2) is 0 Å². The van der Waals surface area contributed by atoms with Gasteiger partial charge >= 0.3 is 0 Å². The Hall–Kier alpha value is -3.97. The van der Waals surface area contributed by atoms with E-state index in [0.717, 1.165) is 22.1 Å². The van der Waals surface area contributed by atoms with Gasteiger partial charge in [-0.2, -0.15) is 0 Å². The number of aromatic hydroxyl groups is 1. The third kappa shape index (κ3) is 3.47. The summed E-state index contributed by atoms with van der Waals surface area (Å²) >= 11 is 6.27. The minimum absolute atomic E-state index is 0.0493. The number of anilines is 1. The quantitative estimate of drug-likeness (QED) is 0.371. The van der Waals surface area contributed by atoms with E-state index in [0.29, 0.717) is 45.3 Å². The Labute approximate surface area is 195 Å². The van der Waals surface area contributed by atoms with Crippen molar-refractivity contribution in [2.45, 2.75) is 6.54 Å². The summed E-state index contributed by atoms with van der Waals surface area (Å²) < 4.78 is 12.4. The van der Waals surface area contributed by atoms with Crippen LogP contribution in [0.1, 0.15) is 5.56 Å². The first kappa shape index (κ1) is 20.9. The van der Waals surface area contributed by atoms with E-state index < -0.39 is 0 Å². The number of nitrogens with two attached hydrogens (primary N) is 1. The van der Waals surface area contributed by atoms with Gasteiger partial charge in [0, 0.05) is 28.9 Å². The molecule has 0 aliphatic heterocycles. The van der Waals surface area contributed by atoms with E-state index in [1.165, 1.54) is 0 Å². The molecule has 0 bridgehead atoms. The molecule has 0 aliphatic rings. The molecule has 0 fully saturated rings. The summed E-state index contributed by atoms with van der Waals surface area (Å²) in [5, 5.41) is 12.7. The van der Waals surface area contributed by atoms with Crippen molar-refractivity contribution >= 4 is 39.1 Å². The summed E-state index contributed by atoms with van der Waals surface area (Å²) in [6.07, 6.45) is 3.47. The highest BCUT2D eigenvalue weighted by Gasteiger charge is 2.19. The lowest BCUT2D eigenvalue weighted by Gasteiger charge is -2.11. The minimum Gasteiger partial charge on any atom is -0.495 e. The van der Waals surface area contributed by atoms with Crippen LogP contribution in [0.25, 0.3) is 32.9 Å². The number of nitrogens with zero attached hydrogens (tertiary/aromatic N) is 3. The first-order chi connectivity index (χ1) is 16.0. The summed E-state index contributed by atoms with van der Waals surface area (Å²) in [4.78, 5) is 9.17. The number of para-hydroxylation sites is 1. The lowest BCUT2D eigenvalue weighted by Crippen LogP contribution is -1.98. The Bertz CT molecular complexity index is 1510. The number of pyridine rings is 2. The average molecular weight is 461 g/mol. The molecule has 7 nitrogen and oxygen atoms in total. The van der Waals surface area contributed by atoms with Crippen molar-refractivity contribution in [3.63, 3.8) is 0 Å². The first-order valence-electron chi connectivity index (χ1n) is 10.2. The van der Waals surface area contributed by atoms with Crippen molar-refractivity contribution in [3.05, 3.63) is 71.5 Å². The molecule has 5 aromatic rings. The van der Waals surface area contributed by atoms with E-state index in [9.17, 15) is 5.11 Å². The number of fused-ring (bicyclic) bond motifs is 2. The second-order valence-corrected chi connectivity index (χ2v) is 8.00. The second kappa shape index (κ2) is 8.18. The summed E-state index contributed by atoms with van der Waals surface area (Å²) in [7, 11) is 3.15. The van der Waals surface area contributed by atoms with Gasteiger partial charge < -0.3 is 24.9 Å². The van der Waals surface area contributed by atoms with Gasteiger partial charge in [0.25, 0.3) is 0 Å². The molecule has 3 N–H and O–H groups in total. The number of methoxy groups -OCH3 is 2. The average Bonchev–Trinajstić information content (AvgIpc) is 3.14. The molecule has 8 heteroatoms. The van der Waals surface area contributed by atoms with Crippen LogP contribution in [0.15, 0.2) is 60.9 Å². The maximum absolute atomic E-state index is 11.0. The van der Waals surface area contributed by atoms with Crippen LogP contribution in [-0.4, -0.2) is 33.9 Å². The van der Waals surface area contributed by atoms with Crippen molar-refractivity contribution in [2.75, 3.05) is 20.0 Å². The lowest BCUT2D eigenvalue weighted by molar-refractivity contribution is 0.400. The third-order valence-electron chi connectivity index (χ3n) is 5.68. The number of rotatable bonds is 5. The van der Waals surface area contributed by atoms with Gasteiger partial charge in [0.2, 0.25) is 11.8 Å². The first-order valence-corrected chi connectivity index (χ1v) is 10.6. The smallest absolute Gasteiger partial charge is 0.221 e. The highest BCUT2D eigenvalue weighted by atomic mass is 35.5. The zero-order valence-corrected chi connectivity index (χ0v) is 18.8. The standard InChI is InChI=1S/C25H21ClN4O3/c1-32-20-9-8-14(11-18(20)26)12-30-13-19-21(25(30)31)22(27)17-6-3-5-15(23(17)29-19)16-7-4-10-28-24(16)33-2/h3-11,13,31H,12,27H2,1-2H3. The molecule has 0 unspecified atom stereocenters. The van der Waals surface area contributed by atoms with E-state index in [1.807, 2.05) is 42.5 Å². The van der Waals surface area contributed by atoms with Gasteiger partial charge in [-0.15, -0.1) is 0 Å². The van der Waals surface area contributed by atoms with Crippen molar-refractivity contribution < 1.29 is 14.6 Å². The zero-order valence-electron chi connectivity index (χ0n) is 18.0. The third-order valence-corrected chi connectivity index (χ3v) is 5.98. The van der Waals surface area contributed by atoms with Crippen LogP contribution in [0.4, 0.5) is 5.69 Å². The zero-order chi connectivity index (χ0) is 23.1. The van der Waals surface area contributed by atoms with Crippen LogP contribution in [-0.2, 0) is 6.54 Å². The fourth-order valence-corrected chi connectivity index (χ4v) is 4.39. The fourth-order valence-electron chi connectivity index (χ4n) is 4.11. The van der Waals surface area contributed by atoms with Gasteiger partial charge in [-0.05, 0) is 29.8 Å². The Morgan fingerprint density at radius 3 is 2.64 bits per heavy atom. The molecule has 166 valence electrons. The highest BCUT2D eigenvalue weighted by molar-refractivity contribution is 6.32. The van der Waals surface area contributed by atoms with Crippen LogP contribution < -0.4 is 15.2 Å². The molecule has 0 radical (unpaired) electrons. The topological polar surface area (TPSA) is 95.4 Å². The van der Waals surface area contributed by atoms with Crippen LogP contribution >= 0.6 is 11.6 Å². The number of nitrogen functional groups attached to an aromatic ring is 1. The number of hydrogen-bond donors (Lipinski definition) is 2. The molecule has 3 aromatic heterocycles. The van der Waals surface area contributed by atoms with Crippen molar-refractivity contribution in [1.29, 1.82) is 0 Å². The number of aromatic nitrogens is 3. The van der Waals surface area contributed by atoms with Gasteiger partial charge in [0.1, 0.15) is 5.75 Å². The number of halogens is 1. The molecule has 0 amide bonds. The lowest BCUT2D eigenvalue weighted by atomic mass is 10.0. The Morgan fingerprint density at radius 2 is 1.88 bits per heavy atom. The summed E-state index contributed by atoms with van der Waals surface area (Å²) in [6.45, 7) is 0.394. The summed E-state index contributed by atoms with van der Waals surface area (Å²) in [5.74, 6) is 1.15. The molecule has 3 heterocycles. The molecule has 0 saturated heterocycles. The number of ether oxygens (including phenoxy) is 2. The van der Waals surface area contributed by atoms with Crippen LogP contribution in [0.2, 0.25) is 5.02 Å². The molecule has 0 atom stereocenters. The predicted molar refractivity (Wildman–Crippen MR) is 130 cm³/mol. The highest BCUT2D eigenvalue weighted by Crippen LogP contribution is 2.40. The number of benzene rings is 2. The van der Waals surface area contributed by atoms with E-state index in [-0.39, 0.29) is 5.88 Å². The summed E-state index contributed by atoms with van der Waals surface area (Å²) in [5.41, 5.74) is 10.9. The Kier molecular flexibility index (Phi) is 5.18. The summed E-state index contributed by atoms with van der Waals surface area (Å²) in [6, 6.07) is 15.0. The second-order valence-electron chi connectivity index (χ2n) is 7.60.